The minimum Gasteiger partial charge on any atom is -0.495 e. The van der Waals surface area contributed by atoms with Gasteiger partial charge in [0.15, 0.2) is 0 Å². The van der Waals surface area contributed by atoms with E-state index < -0.39 is 0 Å². The maximum absolute atomic E-state index is 12.6. The van der Waals surface area contributed by atoms with Gasteiger partial charge in [0, 0.05) is 18.3 Å². The molecule has 7 heteroatoms. The first kappa shape index (κ1) is 19.8. The number of likely N-dealkylation sites (N-methyl/N-ethyl adjacent to an activating group) is 1. The third-order valence-electron chi connectivity index (χ3n) is 3.76. The average molecular weight is 421 g/mol. The molecule has 138 valence electrons. The Kier molecular flexibility index (Phi) is 6.63. The fraction of sp³-hybridized carbons (Fsp3) is 0.263. The molecular formula is C19H21BrN2O4. The van der Waals surface area contributed by atoms with Gasteiger partial charge in [0.2, 0.25) is 5.91 Å². The van der Waals surface area contributed by atoms with Gasteiger partial charge in [-0.05, 0) is 47.1 Å². The van der Waals surface area contributed by atoms with Gasteiger partial charge in [0.05, 0.1) is 20.8 Å². The largest absolute Gasteiger partial charge is 0.495 e. The highest BCUT2D eigenvalue weighted by molar-refractivity contribution is 9.10. The molecule has 1 N–H and O–H groups in total. The molecule has 0 fully saturated rings. The summed E-state index contributed by atoms with van der Waals surface area (Å²) in [7, 11) is 4.58. The molecule has 2 aromatic carbocycles. The molecule has 6 nitrogen and oxygen atoms in total. The maximum Gasteiger partial charge on any atom is 0.254 e. The molecule has 2 aromatic rings. The minimum atomic E-state index is -0.312. The van der Waals surface area contributed by atoms with Gasteiger partial charge < -0.3 is 19.7 Å². The van der Waals surface area contributed by atoms with E-state index in [1.54, 1.807) is 19.2 Å². The molecule has 0 aliphatic rings. The Bertz CT molecular complexity index is 781. The number of halogens is 1. The van der Waals surface area contributed by atoms with Crippen LogP contribution < -0.4 is 14.8 Å². The van der Waals surface area contributed by atoms with Crippen molar-refractivity contribution in [2.24, 2.45) is 0 Å². The first-order chi connectivity index (χ1) is 12.3. The number of hydrogen-bond acceptors (Lipinski definition) is 4. The van der Waals surface area contributed by atoms with Gasteiger partial charge in [-0.15, -0.1) is 0 Å². The molecule has 2 amide bonds. The molecule has 0 aliphatic carbocycles. The molecule has 0 atom stereocenters. The Hall–Kier alpha value is -2.54. The van der Waals surface area contributed by atoms with E-state index in [1.807, 2.05) is 31.2 Å². The van der Waals surface area contributed by atoms with E-state index in [9.17, 15) is 9.59 Å². The second-order valence-corrected chi connectivity index (χ2v) is 6.56. The zero-order valence-corrected chi connectivity index (χ0v) is 16.7. The molecule has 0 bridgehead atoms. The van der Waals surface area contributed by atoms with E-state index in [-0.39, 0.29) is 18.4 Å². The van der Waals surface area contributed by atoms with Crippen LogP contribution in [0, 0.1) is 6.92 Å². The van der Waals surface area contributed by atoms with E-state index in [1.165, 1.54) is 19.1 Å². The lowest BCUT2D eigenvalue weighted by molar-refractivity contribution is -0.116. The van der Waals surface area contributed by atoms with Crippen molar-refractivity contribution in [1.29, 1.82) is 0 Å². The van der Waals surface area contributed by atoms with Crippen LogP contribution in [0.25, 0.3) is 0 Å². The third-order valence-corrected chi connectivity index (χ3v) is 4.54. The number of carbonyl (C=O) groups excluding carboxylic acids is 2. The van der Waals surface area contributed by atoms with E-state index in [0.29, 0.717) is 27.2 Å². The highest BCUT2D eigenvalue weighted by atomic mass is 79.9. The monoisotopic (exact) mass is 420 g/mol. The Morgan fingerprint density at radius 3 is 2.12 bits per heavy atom. The number of ether oxygens (including phenoxy) is 2. The summed E-state index contributed by atoms with van der Waals surface area (Å²) in [5.41, 5.74) is 2.16. The standard InChI is InChI=1S/C19H21BrN2O4/c1-12-5-7-14(8-6-12)21-17(23)11-22(2)19(24)13-9-15(25-3)18(20)16(10-13)26-4/h5-10H,11H2,1-4H3,(H,21,23). The smallest absolute Gasteiger partial charge is 0.254 e. The van der Waals surface area contributed by atoms with Crippen molar-refractivity contribution >= 4 is 33.4 Å². The van der Waals surface area contributed by atoms with Crippen LogP contribution in [-0.4, -0.2) is 44.5 Å². The van der Waals surface area contributed by atoms with Crippen molar-refractivity contribution in [2.75, 3.05) is 33.1 Å². The van der Waals surface area contributed by atoms with E-state index in [0.717, 1.165) is 5.56 Å². The van der Waals surface area contributed by atoms with Crippen LogP contribution in [0.3, 0.4) is 0 Å². The summed E-state index contributed by atoms with van der Waals surface area (Å²) in [6, 6.07) is 10.7. The highest BCUT2D eigenvalue weighted by Crippen LogP contribution is 2.35. The summed E-state index contributed by atoms with van der Waals surface area (Å²) in [4.78, 5) is 26.2. The lowest BCUT2D eigenvalue weighted by atomic mass is 10.1. The highest BCUT2D eigenvalue weighted by Gasteiger charge is 2.19. The number of benzene rings is 2. The summed E-state index contributed by atoms with van der Waals surface area (Å²) in [5.74, 6) is 0.365. The molecular weight excluding hydrogens is 400 g/mol. The summed E-state index contributed by atoms with van der Waals surface area (Å²) < 4.78 is 11.1. The third kappa shape index (κ3) is 4.76. The Morgan fingerprint density at radius 2 is 1.62 bits per heavy atom. The first-order valence-electron chi connectivity index (χ1n) is 7.89. The van der Waals surface area contributed by atoms with Gasteiger partial charge in [-0.1, -0.05) is 17.7 Å². The summed E-state index contributed by atoms with van der Waals surface area (Å²) >= 11 is 3.37. The molecule has 0 aromatic heterocycles. The zero-order chi connectivity index (χ0) is 19.3. The van der Waals surface area contributed by atoms with Crippen molar-refractivity contribution in [3.05, 3.63) is 52.0 Å². The Labute approximate surface area is 161 Å². The number of nitrogens with zero attached hydrogens (tertiary/aromatic N) is 1. The number of nitrogens with one attached hydrogen (secondary N) is 1. The second kappa shape index (κ2) is 8.71. The molecule has 0 saturated heterocycles. The molecule has 2 rings (SSSR count). The van der Waals surface area contributed by atoms with Gasteiger partial charge >= 0.3 is 0 Å². The maximum atomic E-state index is 12.6. The number of carbonyl (C=O) groups is 2. The fourth-order valence-corrected chi connectivity index (χ4v) is 2.89. The van der Waals surface area contributed by atoms with Crippen molar-refractivity contribution in [1.82, 2.24) is 4.90 Å². The molecule has 0 saturated carbocycles. The van der Waals surface area contributed by atoms with Crippen LogP contribution >= 0.6 is 15.9 Å². The number of aryl methyl sites for hydroxylation is 1. The number of anilines is 1. The van der Waals surface area contributed by atoms with Crippen molar-refractivity contribution in [3.63, 3.8) is 0 Å². The van der Waals surface area contributed by atoms with Crippen LogP contribution in [0.15, 0.2) is 40.9 Å². The molecule has 0 aliphatic heterocycles. The number of methoxy groups -OCH3 is 2. The zero-order valence-electron chi connectivity index (χ0n) is 15.1. The van der Waals surface area contributed by atoms with Gasteiger partial charge in [0.25, 0.3) is 5.91 Å². The van der Waals surface area contributed by atoms with Crippen molar-refractivity contribution in [2.45, 2.75) is 6.92 Å². The van der Waals surface area contributed by atoms with Crippen LogP contribution in [0.2, 0.25) is 0 Å². The van der Waals surface area contributed by atoms with E-state index in [4.69, 9.17) is 9.47 Å². The van der Waals surface area contributed by atoms with Crippen LogP contribution in [0.1, 0.15) is 15.9 Å². The van der Waals surface area contributed by atoms with E-state index >= 15 is 0 Å². The minimum absolute atomic E-state index is 0.0760. The fourth-order valence-electron chi connectivity index (χ4n) is 2.34. The lowest BCUT2D eigenvalue weighted by Crippen LogP contribution is -2.35. The molecule has 26 heavy (non-hydrogen) atoms. The van der Waals surface area contributed by atoms with Gasteiger partial charge in [-0.25, -0.2) is 0 Å². The van der Waals surface area contributed by atoms with Crippen LogP contribution in [0.4, 0.5) is 5.69 Å². The van der Waals surface area contributed by atoms with Crippen molar-refractivity contribution < 1.29 is 19.1 Å². The summed E-state index contributed by atoms with van der Waals surface area (Å²) in [6.07, 6.45) is 0. The average Bonchev–Trinajstić information content (AvgIpc) is 2.63. The van der Waals surface area contributed by atoms with Gasteiger partial charge in [0.1, 0.15) is 16.0 Å². The lowest BCUT2D eigenvalue weighted by Gasteiger charge is -2.18. The predicted octanol–water partition coefficient (Wildman–Crippen LogP) is 3.49. The summed E-state index contributed by atoms with van der Waals surface area (Å²) in [5, 5.41) is 2.77. The number of amides is 2. The van der Waals surface area contributed by atoms with Crippen molar-refractivity contribution in [3.8, 4) is 11.5 Å². The normalized spacial score (nSPS) is 10.2. The van der Waals surface area contributed by atoms with Gasteiger partial charge in [-0.2, -0.15) is 0 Å². The SMILES string of the molecule is COc1cc(C(=O)N(C)CC(=O)Nc2ccc(C)cc2)cc(OC)c1Br. The summed E-state index contributed by atoms with van der Waals surface area (Å²) in [6.45, 7) is 1.90. The molecule has 0 heterocycles. The van der Waals surface area contributed by atoms with E-state index in [2.05, 4.69) is 21.2 Å². The van der Waals surface area contributed by atoms with Gasteiger partial charge in [-0.3, -0.25) is 9.59 Å². The number of rotatable bonds is 6. The number of hydrogen-bond donors (Lipinski definition) is 1. The second-order valence-electron chi connectivity index (χ2n) is 5.77. The predicted molar refractivity (Wildman–Crippen MR) is 104 cm³/mol. The van der Waals surface area contributed by atoms with Crippen LogP contribution in [0.5, 0.6) is 11.5 Å². The quantitative estimate of drug-likeness (QED) is 0.776. The first-order valence-corrected chi connectivity index (χ1v) is 8.68. The molecule has 0 unspecified atom stereocenters. The molecule has 0 radical (unpaired) electrons. The molecule has 0 spiro atoms. The van der Waals surface area contributed by atoms with Crippen LogP contribution in [-0.2, 0) is 4.79 Å². The Balaban J connectivity index is 2.09. The topological polar surface area (TPSA) is 67.9 Å². The Morgan fingerprint density at radius 1 is 1.08 bits per heavy atom.